The minimum absolute atomic E-state index is 0.147. The molecule has 16 heavy (non-hydrogen) atoms. The molecule has 1 aliphatic heterocycles. The van der Waals surface area contributed by atoms with Crippen LogP contribution in [0.1, 0.15) is 25.8 Å². The lowest BCUT2D eigenvalue weighted by Gasteiger charge is -2.32. The summed E-state index contributed by atoms with van der Waals surface area (Å²) in [7, 11) is 0. The topological polar surface area (TPSA) is 25.2 Å². The Hall–Kier alpha value is -1.51. The molecule has 0 aliphatic carbocycles. The molecule has 0 spiro atoms. The Kier molecular flexibility index (Phi) is 3.44. The zero-order valence-electron chi connectivity index (χ0n) is 9.67. The van der Waals surface area contributed by atoms with Gasteiger partial charge in [-0.2, -0.15) is 0 Å². The van der Waals surface area contributed by atoms with Crippen LogP contribution in [-0.2, 0) is 4.79 Å². The van der Waals surface area contributed by atoms with Gasteiger partial charge in [-0.05, 0) is 38.0 Å². The molecule has 86 valence electrons. The number of amides is 1. The van der Waals surface area contributed by atoms with Crippen molar-refractivity contribution in [2.45, 2.75) is 25.8 Å². The molecule has 3 nitrogen and oxygen atoms in total. The second-order valence-electron chi connectivity index (χ2n) is 4.19. The van der Waals surface area contributed by atoms with Crippen LogP contribution in [0.2, 0.25) is 0 Å². The first-order chi connectivity index (χ1) is 7.81. The lowest BCUT2D eigenvalue weighted by Crippen LogP contribution is -2.37. The van der Waals surface area contributed by atoms with Crippen LogP contribution in [-0.4, -0.2) is 28.5 Å². The molecule has 1 amide bonds. The van der Waals surface area contributed by atoms with Gasteiger partial charge in [-0.1, -0.05) is 6.08 Å². The highest BCUT2D eigenvalue weighted by molar-refractivity contribution is 5.87. The summed E-state index contributed by atoms with van der Waals surface area (Å²) in [6, 6.07) is 4.67. The summed E-state index contributed by atoms with van der Waals surface area (Å²) in [5.74, 6) is 0.147. The Bertz CT molecular complexity index is 359. The summed E-state index contributed by atoms with van der Waals surface area (Å²) in [4.78, 5) is 13.6. The van der Waals surface area contributed by atoms with Crippen molar-refractivity contribution in [3.63, 3.8) is 0 Å². The minimum Gasteiger partial charge on any atom is -0.351 e. The van der Waals surface area contributed by atoms with E-state index in [-0.39, 0.29) is 5.91 Å². The van der Waals surface area contributed by atoms with Gasteiger partial charge in [0.2, 0.25) is 5.91 Å². The molecule has 0 radical (unpaired) electrons. The van der Waals surface area contributed by atoms with Gasteiger partial charge in [0.25, 0.3) is 0 Å². The van der Waals surface area contributed by atoms with Gasteiger partial charge >= 0.3 is 0 Å². The molecular weight excluding hydrogens is 200 g/mol. The molecule has 1 fully saturated rings. The third kappa shape index (κ3) is 2.35. The van der Waals surface area contributed by atoms with Crippen LogP contribution in [0.3, 0.4) is 0 Å². The standard InChI is InChI=1S/C13H18N2O/c1-2-5-13(16)15-10-6-12(7-11-15)14-8-3-4-9-14/h2-5,8-9,12H,6-7,10-11H2,1H3/b5-2+. The number of allylic oxidation sites excluding steroid dienone is 1. The minimum atomic E-state index is 0.147. The fraction of sp³-hybridized carbons (Fsp3) is 0.462. The van der Waals surface area contributed by atoms with E-state index < -0.39 is 0 Å². The Balaban J connectivity index is 1.90. The fourth-order valence-electron chi connectivity index (χ4n) is 2.22. The van der Waals surface area contributed by atoms with Crippen LogP contribution in [0.25, 0.3) is 0 Å². The third-order valence-electron chi connectivity index (χ3n) is 3.13. The SMILES string of the molecule is C/C=C/C(=O)N1CCC(n2cccc2)CC1. The van der Waals surface area contributed by atoms with Crippen molar-refractivity contribution in [3.8, 4) is 0 Å². The van der Waals surface area contributed by atoms with Gasteiger partial charge in [0.15, 0.2) is 0 Å². The van der Waals surface area contributed by atoms with Crippen LogP contribution < -0.4 is 0 Å². The zero-order chi connectivity index (χ0) is 11.4. The quantitative estimate of drug-likeness (QED) is 0.699. The summed E-state index contributed by atoms with van der Waals surface area (Å²) >= 11 is 0. The molecule has 1 aromatic heterocycles. The smallest absolute Gasteiger partial charge is 0.246 e. The molecule has 0 saturated carbocycles. The molecule has 0 unspecified atom stereocenters. The molecule has 0 atom stereocenters. The number of carbonyl (C=O) groups excluding carboxylic acids is 1. The van der Waals surface area contributed by atoms with E-state index in [2.05, 4.69) is 29.1 Å². The maximum atomic E-state index is 11.6. The molecule has 1 aromatic rings. The number of hydrogen-bond acceptors (Lipinski definition) is 1. The summed E-state index contributed by atoms with van der Waals surface area (Å²) in [5, 5.41) is 0. The second kappa shape index (κ2) is 5.01. The van der Waals surface area contributed by atoms with Gasteiger partial charge in [-0.3, -0.25) is 4.79 Å². The summed E-state index contributed by atoms with van der Waals surface area (Å²) in [6.45, 7) is 3.61. The lowest BCUT2D eigenvalue weighted by molar-refractivity contribution is -0.127. The third-order valence-corrected chi connectivity index (χ3v) is 3.13. The molecule has 0 aromatic carbocycles. The summed E-state index contributed by atoms with van der Waals surface area (Å²) in [5.41, 5.74) is 0. The summed E-state index contributed by atoms with van der Waals surface area (Å²) in [6.07, 6.45) is 9.77. The second-order valence-corrected chi connectivity index (χ2v) is 4.19. The van der Waals surface area contributed by atoms with Crippen LogP contribution in [0.4, 0.5) is 0 Å². The lowest BCUT2D eigenvalue weighted by atomic mass is 10.0. The number of piperidine rings is 1. The molecule has 0 bridgehead atoms. The van der Waals surface area contributed by atoms with E-state index in [9.17, 15) is 4.79 Å². The monoisotopic (exact) mass is 218 g/mol. The van der Waals surface area contributed by atoms with E-state index in [1.165, 1.54) is 0 Å². The summed E-state index contributed by atoms with van der Waals surface area (Å²) < 4.78 is 2.25. The van der Waals surface area contributed by atoms with Gasteiger partial charge in [0.05, 0.1) is 0 Å². The highest BCUT2D eigenvalue weighted by atomic mass is 16.2. The van der Waals surface area contributed by atoms with Gasteiger partial charge in [0, 0.05) is 31.5 Å². The van der Waals surface area contributed by atoms with E-state index in [0.29, 0.717) is 6.04 Å². The van der Waals surface area contributed by atoms with E-state index in [1.807, 2.05) is 11.8 Å². The van der Waals surface area contributed by atoms with E-state index in [0.717, 1.165) is 25.9 Å². The fourth-order valence-corrected chi connectivity index (χ4v) is 2.22. The Morgan fingerprint density at radius 2 is 1.88 bits per heavy atom. The largest absolute Gasteiger partial charge is 0.351 e. The van der Waals surface area contributed by atoms with Crippen molar-refractivity contribution < 1.29 is 4.79 Å². The predicted octanol–water partition coefficient (Wildman–Crippen LogP) is 2.23. The van der Waals surface area contributed by atoms with Crippen molar-refractivity contribution in [3.05, 3.63) is 36.7 Å². The number of rotatable bonds is 2. The van der Waals surface area contributed by atoms with Gasteiger partial charge in [-0.25, -0.2) is 0 Å². The predicted molar refractivity (Wildman–Crippen MR) is 64.1 cm³/mol. The van der Waals surface area contributed by atoms with Crippen molar-refractivity contribution in [2.24, 2.45) is 0 Å². The molecule has 1 aliphatic rings. The van der Waals surface area contributed by atoms with Gasteiger partial charge in [-0.15, -0.1) is 0 Å². The average Bonchev–Trinajstić information content (AvgIpc) is 2.83. The maximum Gasteiger partial charge on any atom is 0.246 e. The van der Waals surface area contributed by atoms with Crippen LogP contribution in [0.5, 0.6) is 0 Å². The molecular formula is C13H18N2O. The van der Waals surface area contributed by atoms with Crippen molar-refractivity contribution in [2.75, 3.05) is 13.1 Å². The van der Waals surface area contributed by atoms with Crippen LogP contribution in [0, 0.1) is 0 Å². The molecule has 2 rings (SSSR count). The molecule has 2 heterocycles. The first-order valence-corrected chi connectivity index (χ1v) is 5.85. The Labute approximate surface area is 96.4 Å². The van der Waals surface area contributed by atoms with Crippen molar-refractivity contribution >= 4 is 5.91 Å². The number of aromatic nitrogens is 1. The molecule has 0 N–H and O–H groups in total. The number of carbonyl (C=O) groups is 1. The highest BCUT2D eigenvalue weighted by Crippen LogP contribution is 2.22. The molecule has 1 saturated heterocycles. The van der Waals surface area contributed by atoms with Gasteiger partial charge < -0.3 is 9.47 Å². The number of likely N-dealkylation sites (tertiary alicyclic amines) is 1. The highest BCUT2D eigenvalue weighted by Gasteiger charge is 2.21. The first-order valence-electron chi connectivity index (χ1n) is 5.85. The number of hydrogen-bond donors (Lipinski definition) is 0. The zero-order valence-corrected chi connectivity index (χ0v) is 9.67. The van der Waals surface area contributed by atoms with Gasteiger partial charge in [0.1, 0.15) is 0 Å². The molecule has 3 heteroatoms. The average molecular weight is 218 g/mol. The number of nitrogens with zero attached hydrogens (tertiary/aromatic N) is 2. The van der Waals surface area contributed by atoms with Crippen molar-refractivity contribution in [1.82, 2.24) is 9.47 Å². The van der Waals surface area contributed by atoms with Crippen LogP contribution >= 0.6 is 0 Å². The van der Waals surface area contributed by atoms with E-state index in [4.69, 9.17) is 0 Å². The maximum absolute atomic E-state index is 11.6. The first kappa shape index (κ1) is 11.0. The Morgan fingerprint density at radius 3 is 2.44 bits per heavy atom. The van der Waals surface area contributed by atoms with E-state index >= 15 is 0 Å². The van der Waals surface area contributed by atoms with Crippen LogP contribution in [0.15, 0.2) is 36.7 Å². The normalized spacial score (nSPS) is 18.2. The Morgan fingerprint density at radius 1 is 1.25 bits per heavy atom. The van der Waals surface area contributed by atoms with E-state index in [1.54, 1.807) is 12.2 Å². The van der Waals surface area contributed by atoms with Crippen molar-refractivity contribution in [1.29, 1.82) is 0 Å².